The zero-order chi connectivity index (χ0) is 28.7. The van der Waals surface area contributed by atoms with Crippen LogP contribution in [0.1, 0.15) is 25.0 Å². The predicted octanol–water partition coefficient (Wildman–Crippen LogP) is 8.71. The molecule has 0 spiro atoms. The van der Waals surface area contributed by atoms with Crippen molar-refractivity contribution < 1.29 is 4.74 Å². The Morgan fingerprint density at radius 1 is 0.524 bits per heavy atom. The summed E-state index contributed by atoms with van der Waals surface area (Å²) in [7, 11) is 0. The van der Waals surface area contributed by atoms with E-state index in [1.807, 2.05) is 60.7 Å². The average Bonchev–Trinajstić information content (AvgIpc) is 3.05. The molecule has 1 aliphatic heterocycles. The molecule has 6 aromatic rings. The molecule has 5 heteroatoms. The maximum Gasteiger partial charge on any atom is 0.167 e. The third-order valence-electron chi connectivity index (χ3n) is 7.64. The molecule has 1 aromatic heterocycles. The molecule has 200 valence electrons. The first-order chi connectivity index (χ1) is 20.5. The van der Waals surface area contributed by atoms with E-state index in [9.17, 15) is 5.26 Å². The monoisotopic (exact) mass is 542 g/mol. The van der Waals surface area contributed by atoms with Crippen LogP contribution in [-0.4, -0.2) is 15.0 Å². The molecule has 0 amide bonds. The Bertz CT molecular complexity index is 1970. The molecule has 0 aliphatic carbocycles. The van der Waals surface area contributed by atoms with Gasteiger partial charge in [0, 0.05) is 22.3 Å². The largest absolute Gasteiger partial charge is 0.482 e. The van der Waals surface area contributed by atoms with E-state index in [1.165, 1.54) is 0 Å². The second kappa shape index (κ2) is 10.1. The van der Waals surface area contributed by atoms with Gasteiger partial charge in [0.1, 0.15) is 11.4 Å². The minimum Gasteiger partial charge on any atom is -0.482 e. The number of para-hydroxylation sites is 1. The molecule has 5 aromatic carbocycles. The lowest BCUT2D eigenvalue weighted by atomic mass is 9.85. The first-order valence-corrected chi connectivity index (χ1v) is 13.8. The molecular weight excluding hydrogens is 516 g/mol. The second-order valence-electron chi connectivity index (χ2n) is 10.8. The normalized spacial score (nSPS) is 12.9. The predicted molar refractivity (Wildman–Crippen MR) is 165 cm³/mol. The molecule has 42 heavy (non-hydrogen) atoms. The zero-order valence-electron chi connectivity index (χ0n) is 23.2. The molecule has 0 saturated carbocycles. The molecular formula is C37H26N4O. The van der Waals surface area contributed by atoms with E-state index in [0.29, 0.717) is 23.0 Å². The Morgan fingerprint density at radius 3 is 1.74 bits per heavy atom. The number of nitriles is 1. The number of ether oxygens (including phenoxy) is 1. The summed E-state index contributed by atoms with van der Waals surface area (Å²) in [6.07, 6.45) is 0. The van der Waals surface area contributed by atoms with Crippen LogP contribution in [0.4, 0.5) is 0 Å². The van der Waals surface area contributed by atoms with E-state index in [1.54, 1.807) is 12.1 Å². The Balaban J connectivity index is 1.40. The van der Waals surface area contributed by atoms with Crippen molar-refractivity contribution >= 4 is 0 Å². The van der Waals surface area contributed by atoms with Crippen LogP contribution >= 0.6 is 0 Å². The molecule has 0 radical (unpaired) electrons. The van der Waals surface area contributed by atoms with Crippen LogP contribution in [0.5, 0.6) is 5.75 Å². The number of fused-ring (bicyclic) bond motifs is 3. The van der Waals surface area contributed by atoms with Crippen LogP contribution in [0, 0.1) is 11.3 Å². The van der Waals surface area contributed by atoms with Crippen molar-refractivity contribution in [2.45, 2.75) is 19.4 Å². The van der Waals surface area contributed by atoms with Gasteiger partial charge in [0.25, 0.3) is 0 Å². The van der Waals surface area contributed by atoms with Crippen LogP contribution < -0.4 is 4.74 Å². The van der Waals surface area contributed by atoms with Crippen LogP contribution in [0.15, 0.2) is 121 Å². The molecule has 7 rings (SSSR count). The molecule has 1 aliphatic rings. The van der Waals surface area contributed by atoms with Gasteiger partial charge in [0.2, 0.25) is 0 Å². The number of hydrogen-bond acceptors (Lipinski definition) is 5. The minimum atomic E-state index is -0.529. The molecule has 0 atom stereocenters. The van der Waals surface area contributed by atoms with Crippen molar-refractivity contribution in [2.24, 2.45) is 0 Å². The first-order valence-electron chi connectivity index (χ1n) is 13.8. The summed E-state index contributed by atoms with van der Waals surface area (Å²) in [6.45, 7) is 4.17. The van der Waals surface area contributed by atoms with E-state index < -0.39 is 5.60 Å². The van der Waals surface area contributed by atoms with E-state index in [4.69, 9.17) is 19.7 Å². The summed E-state index contributed by atoms with van der Waals surface area (Å²) in [6, 6.07) is 42.5. The number of benzene rings is 5. The molecule has 0 N–H and O–H groups in total. The van der Waals surface area contributed by atoms with E-state index in [0.717, 1.165) is 50.3 Å². The Kier molecular flexibility index (Phi) is 6.10. The smallest absolute Gasteiger partial charge is 0.167 e. The maximum atomic E-state index is 9.31. The Hall–Kier alpha value is -5.60. The number of rotatable bonds is 4. The molecule has 2 heterocycles. The van der Waals surface area contributed by atoms with Crippen molar-refractivity contribution in [1.82, 2.24) is 15.0 Å². The fourth-order valence-corrected chi connectivity index (χ4v) is 5.48. The van der Waals surface area contributed by atoms with Gasteiger partial charge in [-0.1, -0.05) is 91.0 Å². The molecule has 0 unspecified atom stereocenters. The molecule has 5 nitrogen and oxygen atoms in total. The summed E-state index contributed by atoms with van der Waals surface area (Å²) < 4.78 is 6.68. The van der Waals surface area contributed by atoms with Crippen LogP contribution in [0.25, 0.3) is 56.4 Å². The Morgan fingerprint density at radius 2 is 1.05 bits per heavy atom. The fourth-order valence-electron chi connectivity index (χ4n) is 5.48. The number of aromatic nitrogens is 3. The second-order valence-corrected chi connectivity index (χ2v) is 10.8. The Labute approximate surface area is 244 Å². The third kappa shape index (κ3) is 4.49. The fraction of sp³-hybridized carbons (Fsp3) is 0.0811. The van der Waals surface area contributed by atoms with Gasteiger partial charge in [0.05, 0.1) is 17.2 Å². The summed E-state index contributed by atoms with van der Waals surface area (Å²) in [5, 5.41) is 9.31. The van der Waals surface area contributed by atoms with Crippen molar-refractivity contribution in [3.63, 3.8) is 0 Å². The third-order valence-corrected chi connectivity index (χ3v) is 7.64. The average molecular weight is 543 g/mol. The van der Waals surface area contributed by atoms with Crippen molar-refractivity contribution in [2.75, 3.05) is 0 Å². The molecule has 0 bridgehead atoms. The molecule has 0 fully saturated rings. The lowest BCUT2D eigenvalue weighted by molar-refractivity contribution is 0.106. The number of nitrogens with zero attached hydrogens (tertiary/aromatic N) is 4. The zero-order valence-corrected chi connectivity index (χ0v) is 23.2. The van der Waals surface area contributed by atoms with Gasteiger partial charge in [-0.15, -0.1) is 0 Å². The summed E-state index contributed by atoms with van der Waals surface area (Å²) in [5.74, 6) is 2.37. The van der Waals surface area contributed by atoms with E-state index in [-0.39, 0.29) is 0 Å². The summed E-state index contributed by atoms with van der Waals surface area (Å²) >= 11 is 0. The van der Waals surface area contributed by atoms with Crippen LogP contribution in [-0.2, 0) is 5.60 Å². The topological polar surface area (TPSA) is 71.7 Å². The van der Waals surface area contributed by atoms with E-state index in [2.05, 4.69) is 68.4 Å². The van der Waals surface area contributed by atoms with Gasteiger partial charge in [-0.3, -0.25) is 0 Å². The summed E-state index contributed by atoms with van der Waals surface area (Å²) in [5.41, 5.74) is 8.09. The van der Waals surface area contributed by atoms with Gasteiger partial charge in [0.15, 0.2) is 17.5 Å². The van der Waals surface area contributed by atoms with Gasteiger partial charge in [-0.2, -0.15) is 5.26 Å². The lowest BCUT2D eigenvalue weighted by Crippen LogP contribution is -2.29. The van der Waals surface area contributed by atoms with Crippen molar-refractivity contribution in [3.8, 4) is 68.2 Å². The number of hydrogen-bond donors (Lipinski definition) is 0. The highest BCUT2D eigenvalue weighted by molar-refractivity contribution is 5.84. The van der Waals surface area contributed by atoms with Crippen molar-refractivity contribution in [1.29, 1.82) is 5.26 Å². The van der Waals surface area contributed by atoms with Crippen LogP contribution in [0.2, 0.25) is 0 Å². The highest BCUT2D eigenvalue weighted by Crippen LogP contribution is 2.48. The lowest BCUT2D eigenvalue weighted by Gasteiger charge is -2.35. The quantitative estimate of drug-likeness (QED) is 0.223. The van der Waals surface area contributed by atoms with Gasteiger partial charge in [-0.25, -0.2) is 15.0 Å². The van der Waals surface area contributed by atoms with Gasteiger partial charge < -0.3 is 4.74 Å². The van der Waals surface area contributed by atoms with Gasteiger partial charge >= 0.3 is 0 Å². The summed E-state index contributed by atoms with van der Waals surface area (Å²) in [4.78, 5) is 14.8. The van der Waals surface area contributed by atoms with Gasteiger partial charge in [-0.05, 0) is 60.9 Å². The van der Waals surface area contributed by atoms with Crippen LogP contribution in [0.3, 0.4) is 0 Å². The standard InChI is InChI=1S/C37H26N4O/c1-37(2)32-14-7-6-11-29(32)30-12-8-13-31(33(30)42-37)36-40-34(27-17-15-24(23-38)16-18-27)39-35(41-36)28-21-19-26(20-22-28)25-9-4-3-5-10-25/h3-22H,1-2H3. The first kappa shape index (κ1) is 25.4. The SMILES string of the molecule is CC1(C)Oc2c(-c3nc(-c4ccc(C#N)cc4)nc(-c4ccc(-c5ccccc5)cc4)n3)cccc2-c2ccccc21. The van der Waals surface area contributed by atoms with Crippen molar-refractivity contribution in [3.05, 3.63) is 132 Å². The maximum absolute atomic E-state index is 9.31. The highest BCUT2D eigenvalue weighted by Gasteiger charge is 2.34. The molecule has 0 saturated heterocycles. The van der Waals surface area contributed by atoms with E-state index >= 15 is 0 Å². The highest BCUT2D eigenvalue weighted by atomic mass is 16.5. The minimum absolute atomic E-state index is 0.526.